The van der Waals surface area contributed by atoms with Crippen molar-refractivity contribution >= 4 is 22.6 Å². The Morgan fingerprint density at radius 3 is 2.96 bits per heavy atom. The molecule has 2 N–H and O–H groups in total. The standard InChI is InChI=1S/C20H23N5O2/c1-14-11-15-5-2-3-6-17(15)22-19(14)24-8-4-9-25-16(13-24)12-18(23-25)20(27)21-7-10-26/h2-3,5-6,11-12,26H,4,7-10,13H2,1H3,(H,21,27). The van der Waals surface area contributed by atoms with Gasteiger partial charge in [-0.2, -0.15) is 5.10 Å². The molecule has 0 unspecified atom stereocenters. The van der Waals surface area contributed by atoms with Gasteiger partial charge in [0.15, 0.2) is 5.69 Å². The van der Waals surface area contributed by atoms with Crippen LogP contribution in [0.25, 0.3) is 10.9 Å². The fourth-order valence-electron chi connectivity index (χ4n) is 3.55. The number of hydrogen-bond acceptors (Lipinski definition) is 5. The Morgan fingerprint density at radius 2 is 2.11 bits per heavy atom. The van der Waals surface area contributed by atoms with Crippen LogP contribution in [-0.4, -0.2) is 45.5 Å². The third-order valence-corrected chi connectivity index (χ3v) is 4.83. The van der Waals surface area contributed by atoms with Gasteiger partial charge in [-0.3, -0.25) is 9.48 Å². The molecule has 0 fully saturated rings. The summed E-state index contributed by atoms with van der Waals surface area (Å²) in [4.78, 5) is 19.3. The molecule has 0 atom stereocenters. The molecule has 2 aromatic heterocycles. The number of aromatic nitrogens is 3. The van der Waals surface area contributed by atoms with E-state index in [0.29, 0.717) is 12.2 Å². The molecule has 4 rings (SSSR count). The van der Waals surface area contributed by atoms with Crippen molar-refractivity contribution in [2.75, 3.05) is 24.6 Å². The van der Waals surface area contributed by atoms with Crippen LogP contribution in [0.3, 0.4) is 0 Å². The average Bonchev–Trinajstić information content (AvgIpc) is 2.97. The highest BCUT2D eigenvalue weighted by molar-refractivity contribution is 5.92. The van der Waals surface area contributed by atoms with Gasteiger partial charge >= 0.3 is 0 Å². The van der Waals surface area contributed by atoms with Gasteiger partial charge in [0.25, 0.3) is 5.91 Å². The number of nitrogens with zero attached hydrogens (tertiary/aromatic N) is 4. The molecule has 7 nitrogen and oxygen atoms in total. The van der Waals surface area contributed by atoms with Crippen molar-refractivity contribution in [3.8, 4) is 0 Å². The van der Waals surface area contributed by atoms with Crippen LogP contribution in [0.1, 0.15) is 28.2 Å². The van der Waals surface area contributed by atoms with Gasteiger partial charge in [-0.15, -0.1) is 0 Å². The number of hydrogen-bond donors (Lipinski definition) is 2. The molecule has 27 heavy (non-hydrogen) atoms. The van der Waals surface area contributed by atoms with Crippen LogP contribution in [0.2, 0.25) is 0 Å². The summed E-state index contributed by atoms with van der Waals surface area (Å²) in [5, 5.41) is 17.1. The lowest BCUT2D eigenvalue weighted by Crippen LogP contribution is -2.27. The number of aliphatic hydroxyl groups is 1. The Balaban J connectivity index is 1.63. The van der Waals surface area contributed by atoms with Gasteiger partial charge in [-0.1, -0.05) is 18.2 Å². The van der Waals surface area contributed by atoms with E-state index in [4.69, 9.17) is 10.1 Å². The van der Waals surface area contributed by atoms with Crippen LogP contribution in [0.5, 0.6) is 0 Å². The Kier molecular flexibility index (Phi) is 4.77. The molecule has 1 aliphatic rings. The molecule has 1 aromatic carbocycles. The number of aliphatic hydroxyl groups excluding tert-OH is 1. The maximum absolute atomic E-state index is 12.1. The third-order valence-electron chi connectivity index (χ3n) is 4.83. The van der Waals surface area contributed by atoms with E-state index >= 15 is 0 Å². The van der Waals surface area contributed by atoms with Crippen molar-refractivity contribution in [2.24, 2.45) is 0 Å². The molecule has 0 bridgehead atoms. The van der Waals surface area contributed by atoms with Crippen molar-refractivity contribution in [3.05, 3.63) is 53.3 Å². The molecule has 3 heterocycles. The van der Waals surface area contributed by atoms with Gasteiger partial charge in [-0.05, 0) is 37.1 Å². The van der Waals surface area contributed by atoms with Crippen molar-refractivity contribution in [1.82, 2.24) is 20.1 Å². The minimum atomic E-state index is -0.254. The Bertz CT molecular complexity index is 982. The second kappa shape index (κ2) is 7.36. The number of benzene rings is 1. The number of pyridine rings is 1. The van der Waals surface area contributed by atoms with Gasteiger partial charge in [0.2, 0.25) is 0 Å². The van der Waals surface area contributed by atoms with E-state index in [1.54, 1.807) is 0 Å². The van der Waals surface area contributed by atoms with Gasteiger partial charge in [0.05, 0.1) is 24.4 Å². The maximum Gasteiger partial charge on any atom is 0.271 e. The minimum Gasteiger partial charge on any atom is -0.395 e. The first-order valence-electron chi connectivity index (χ1n) is 9.23. The van der Waals surface area contributed by atoms with E-state index in [1.165, 1.54) is 0 Å². The number of anilines is 1. The monoisotopic (exact) mass is 365 g/mol. The fraction of sp³-hybridized carbons (Fsp3) is 0.350. The summed E-state index contributed by atoms with van der Waals surface area (Å²) in [5.74, 6) is 0.728. The zero-order valence-electron chi connectivity index (χ0n) is 15.4. The number of fused-ring (bicyclic) bond motifs is 2. The van der Waals surface area contributed by atoms with Crippen molar-refractivity contribution in [3.63, 3.8) is 0 Å². The number of amides is 1. The lowest BCUT2D eigenvalue weighted by Gasteiger charge is -2.23. The van der Waals surface area contributed by atoms with Crippen LogP contribution in [0, 0.1) is 6.92 Å². The highest BCUT2D eigenvalue weighted by Gasteiger charge is 2.21. The quantitative estimate of drug-likeness (QED) is 0.738. The van der Waals surface area contributed by atoms with E-state index in [0.717, 1.165) is 47.5 Å². The lowest BCUT2D eigenvalue weighted by molar-refractivity contribution is 0.0939. The minimum absolute atomic E-state index is 0.0833. The summed E-state index contributed by atoms with van der Waals surface area (Å²) in [6, 6.07) is 12.1. The third kappa shape index (κ3) is 3.50. The first-order chi connectivity index (χ1) is 13.2. The largest absolute Gasteiger partial charge is 0.395 e. The predicted octanol–water partition coefficient (Wildman–Crippen LogP) is 1.87. The number of para-hydroxylation sites is 1. The number of aryl methyl sites for hydroxylation is 2. The molecule has 1 amide bonds. The molecular weight excluding hydrogens is 342 g/mol. The predicted molar refractivity (Wildman–Crippen MR) is 104 cm³/mol. The van der Waals surface area contributed by atoms with Gasteiger partial charge in [0.1, 0.15) is 5.82 Å². The molecule has 1 aliphatic heterocycles. The smallest absolute Gasteiger partial charge is 0.271 e. The molecule has 3 aromatic rings. The van der Waals surface area contributed by atoms with Crippen LogP contribution < -0.4 is 10.2 Å². The second-order valence-corrected chi connectivity index (χ2v) is 6.82. The Morgan fingerprint density at radius 1 is 1.26 bits per heavy atom. The summed E-state index contributed by atoms with van der Waals surface area (Å²) < 4.78 is 1.91. The van der Waals surface area contributed by atoms with E-state index < -0.39 is 0 Å². The molecule has 0 saturated carbocycles. The van der Waals surface area contributed by atoms with E-state index in [2.05, 4.69) is 34.4 Å². The van der Waals surface area contributed by atoms with Crippen molar-refractivity contribution in [2.45, 2.75) is 26.4 Å². The van der Waals surface area contributed by atoms with Crippen LogP contribution in [-0.2, 0) is 13.1 Å². The van der Waals surface area contributed by atoms with E-state index in [-0.39, 0.29) is 19.1 Å². The van der Waals surface area contributed by atoms with Gasteiger partial charge in [0, 0.05) is 25.0 Å². The van der Waals surface area contributed by atoms with Crippen LogP contribution >= 0.6 is 0 Å². The SMILES string of the molecule is Cc1cc2ccccc2nc1N1CCCn2nc(C(=O)NCCO)cc2C1. The first-order valence-corrected chi connectivity index (χ1v) is 9.23. The zero-order valence-corrected chi connectivity index (χ0v) is 15.4. The molecule has 0 radical (unpaired) electrons. The molecule has 7 heteroatoms. The summed E-state index contributed by atoms with van der Waals surface area (Å²) in [5.41, 5.74) is 3.52. The Hall–Kier alpha value is -2.93. The molecule has 0 aliphatic carbocycles. The highest BCUT2D eigenvalue weighted by atomic mass is 16.3. The topological polar surface area (TPSA) is 83.3 Å². The molecular formula is C20H23N5O2. The normalized spacial score (nSPS) is 14.1. The number of carbonyl (C=O) groups excluding carboxylic acids is 1. The van der Waals surface area contributed by atoms with Crippen molar-refractivity contribution in [1.29, 1.82) is 0 Å². The van der Waals surface area contributed by atoms with E-state index in [9.17, 15) is 4.79 Å². The van der Waals surface area contributed by atoms with Crippen molar-refractivity contribution < 1.29 is 9.90 Å². The van der Waals surface area contributed by atoms with Crippen LogP contribution in [0.15, 0.2) is 36.4 Å². The van der Waals surface area contributed by atoms with Gasteiger partial charge in [-0.25, -0.2) is 4.98 Å². The zero-order chi connectivity index (χ0) is 18.8. The fourth-order valence-corrected chi connectivity index (χ4v) is 3.55. The summed E-state index contributed by atoms with van der Waals surface area (Å²) >= 11 is 0. The summed E-state index contributed by atoms with van der Waals surface area (Å²) in [6.07, 6.45) is 0.931. The number of carbonyl (C=O) groups is 1. The average molecular weight is 365 g/mol. The molecule has 140 valence electrons. The second-order valence-electron chi connectivity index (χ2n) is 6.82. The first kappa shape index (κ1) is 17.5. The Labute approximate surface area is 157 Å². The van der Waals surface area contributed by atoms with Crippen LogP contribution in [0.4, 0.5) is 5.82 Å². The lowest BCUT2D eigenvalue weighted by atomic mass is 10.1. The highest BCUT2D eigenvalue weighted by Crippen LogP contribution is 2.26. The molecule has 0 saturated heterocycles. The maximum atomic E-state index is 12.1. The summed E-state index contributed by atoms with van der Waals surface area (Å²) in [6.45, 7) is 4.55. The van der Waals surface area contributed by atoms with Gasteiger partial charge < -0.3 is 15.3 Å². The number of nitrogens with one attached hydrogen (secondary N) is 1. The van der Waals surface area contributed by atoms with E-state index in [1.807, 2.05) is 28.9 Å². The number of rotatable bonds is 4. The molecule has 0 spiro atoms. The summed E-state index contributed by atoms with van der Waals surface area (Å²) in [7, 11) is 0.